The summed E-state index contributed by atoms with van der Waals surface area (Å²) in [6.07, 6.45) is 2.02. The van der Waals surface area contributed by atoms with E-state index in [-0.39, 0.29) is 37.4 Å². The number of rotatable bonds is 12. The van der Waals surface area contributed by atoms with Crippen molar-refractivity contribution in [2.45, 2.75) is 45.3 Å². The first-order chi connectivity index (χ1) is 19.5. The SMILES string of the molecule is CC[C@@H](C)NC(=O)[C@H](Cc1ccccc1)N(Cc1cccc(Br)c1)C(=O)CN(c1ccc2c(c1)OCO2)S(C)(=O)=O. The molecular weight excluding hydrogens is 610 g/mol. The van der Waals surface area contributed by atoms with Crippen LogP contribution < -0.4 is 19.1 Å². The van der Waals surface area contributed by atoms with Crippen LogP contribution in [0.2, 0.25) is 0 Å². The number of amides is 2. The second kappa shape index (κ2) is 13.4. The molecule has 0 aliphatic carbocycles. The van der Waals surface area contributed by atoms with Crippen LogP contribution in [-0.4, -0.2) is 56.8 Å². The van der Waals surface area contributed by atoms with E-state index < -0.39 is 28.5 Å². The number of ether oxygens (including phenoxy) is 2. The van der Waals surface area contributed by atoms with Gasteiger partial charge >= 0.3 is 0 Å². The summed E-state index contributed by atoms with van der Waals surface area (Å²) in [7, 11) is -3.89. The molecule has 218 valence electrons. The van der Waals surface area contributed by atoms with Gasteiger partial charge in [0.15, 0.2) is 11.5 Å². The van der Waals surface area contributed by atoms with Crippen molar-refractivity contribution in [3.8, 4) is 11.5 Å². The van der Waals surface area contributed by atoms with E-state index in [4.69, 9.17) is 9.47 Å². The minimum Gasteiger partial charge on any atom is -0.454 e. The van der Waals surface area contributed by atoms with E-state index in [2.05, 4.69) is 21.2 Å². The normalized spacial score (nSPS) is 13.8. The van der Waals surface area contributed by atoms with Crippen molar-refractivity contribution in [2.75, 3.05) is 23.9 Å². The number of halogens is 1. The van der Waals surface area contributed by atoms with Crippen LogP contribution in [0.25, 0.3) is 0 Å². The maximum atomic E-state index is 14.2. The molecule has 11 heteroatoms. The molecule has 1 N–H and O–H groups in total. The van der Waals surface area contributed by atoms with E-state index >= 15 is 0 Å². The van der Waals surface area contributed by atoms with Gasteiger partial charge in [-0.25, -0.2) is 8.42 Å². The minimum atomic E-state index is -3.89. The number of benzene rings is 3. The fourth-order valence-electron chi connectivity index (χ4n) is 4.48. The van der Waals surface area contributed by atoms with Crippen LogP contribution in [0.5, 0.6) is 11.5 Å². The molecule has 41 heavy (non-hydrogen) atoms. The smallest absolute Gasteiger partial charge is 0.244 e. The van der Waals surface area contributed by atoms with Gasteiger partial charge in [0, 0.05) is 29.5 Å². The maximum Gasteiger partial charge on any atom is 0.244 e. The van der Waals surface area contributed by atoms with E-state index in [1.807, 2.05) is 68.4 Å². The molecule has 0 radical (unpaired) electrons. The van der Waals surface area contributed by atoms with E-state index in [1.54, 1.807) is 12.1 Å². The molecule has 0 unspecified atom stereocenters. The molecule has 2 atom stereocenters. The van der Waals surface area contributed by atoms with Gasteiger partial charge in [-0.1, -0.05) is 65.3 Å². The molecule has 0 fully saturated rings. The van der Waals surface area contributed by atoms with Crippen molar-refractivity contribution in [3.63, 3.8) is 0 Å². The lowest BCUT2D eigenvalue weighted by molar-refractivity contribution is -0.140. The standard InChI is InChI=1S/C30H34BrN3O6S/c1-4-21(2)32-30(36)26(16-22-9-6-5-7-10-22)33(18-23-11-8-12-24(31)15-23)29(35)19-34(41(3,37)38)25-13-14-27-28(17-25)40-20-39-27/h5-15,17,21,26H,4,16,18-20H2,1-3H3,(H,32,36)/t21-,26+/m1/s1. The number of fused-ring (bicyclic) bond motifs is 1. The second-order valence-corrected chi connectivity index (χ2v) is 12.8. The Kier molecular flexibility index (Phi) is 9.93. The molecule has 0 bridgehead atoms. The molecule has 2 amide bonds. The van der Waals surface area contributed by atoms with Gasteiger partial charge in [-0.3, -0.25) is 13.9 Å². The van der Waals surface area contributed by atoms with E-state index in [1.165, 1.54) is 11.0 Å². The summed E-state index contributed by atoms with van der Waals surface area (Å²) in [6.45, 7) is 3.50. The van der Waals surface area contributed by atoms with Gasteiger partial charge in [0.2, 0.25) is 28.6 Å². The molecule has 0 saturated heterocycles. The quantitative estimate of drug-likeness (QED) is 0.312. The molecule has 3 aromatic carbocycles. The van der Waals surface area contributed by atoms with Crippen LogP contribution in [0.4, 0.5) is 5.69 Å². The van der Waals surface area contributed by atoms with Crippen LogP contribution >= 0.6 is 15.9 Å². The molecule has 0 spiro atoms. The zero-order valence-corrected chi connectivity index (χ0v) is 25.7. The zero-order chi connectivity index (χ0) is 29.6. The predicted molar refractivity (Wildman–Crippen MR) is 161 cm³/mol. The van der Waals surface area contributed by atoms with E-state index in [9.17, 15) is 18.0 Å². The lowest BCUT2D eigenvalue weighted by atomic mass is 10.0. The number of sulfonamides is 1. The largest absolute Gasteiger partial charge is 0.454 e. The third-order valence-corrected chi connectivity index (χ3v) is 8.47. The van der Waals surface area contributed by atoms with Crippen molar-refractivity contribution < 1.29 is 27.5 Å². The highest BCUT2D eigenvalue weighted by Gasteiger charge is 2.34. The lowest BCUT2D eigenvalue weighted by Crippen LogP contribution is -2.54. The molecule has 9 nitrogen and oxygen atoms in total. The van der Waals surface area contributed by atoms with Crippen molar-refractivity contribution in [3.05, 3.63) is 88.4 Å². The second-order valence-electron chi connectivity index (χ2n) is 9.98. The number of hydrogen-bond donors (Lipinski definition) is 1. The van der Waals surface area contributed by atoms with Gasteiger partial charge in [-0.05, 0) is 48.7 Å². The van der Waals surface area contributed by atoms with Crippen LogP contribution in [0, 0.1) is 0 Å². The molecule has 0 aromatic heterocycles. The highest BCUT2D eigenvalue weighted by Crippen LogP contribution is 2.36. The maximum absolute atomic E-state index is 14.2. The summed E-state index contributed by atoms with van der Waals surface area (Å²) >= 11 is 3.48. The van der Waals surface area contributed by atoms with Crippen LogP contribution in [0.3, 0.4) is 0 Å². The fourth-order valence-corrected chi connectivity index (χ4v) is 5.77. The molecule has 0 saturated carbocycles. The number of anilines is 1. The van der Waals surface area contributed by atoms with Gasteiger partial charge in [-0.15, -0.1) is 0 Å². The first-order valence-electron chi connectivity index (χ1n) is 13.3. The van der Waals surface area contributed by atoms with Crippen molar-refractivity contribution >= 4 is 43.5 Å². The topological polar surface area (TPSA) is 105 Å². The summed E-state index contributed by atoms with van der Waals surface area (Å²) in [6, 6.07) is 20.6. The average molecular weight is 645 g/mol. The Morgan fingerprint density at radius 2 is 1.68 bits per heavy atom. The van der Waals surface area contributed by atoms with Crippen LogP contribution in [-0.2, 0) is 32.6 Å². The number of nitrogens with one attached hydrogen (secondary N) is 1. The molecule has 4 rings (SSSR count). The molecular formula is C30H34BrN3O6S. The minimum absolute atomic E-state index is 0.0312. The lowest BCUT2D eigenvalue weighted by Gasteiger charge is -2.34. The monoisotopic (exact) mass is 643 g/mol. The van der Waals surface area contributed by atoms with Crippen LogP contribution in [0.1, 0.15) is 31.4 Å². The van der Waals surface area contributed by atoms with Crippen molar-refractivity contribution in [1.82, 2.24) is 10.2 Å². The number of hydrogen-bond acceptors (Lipinski definition) is 6. The van der Waals surface area contributed by atoms with E-state index in [0.29, 0.717) is 11.5 Å². The summed E-state index contributed by atoms with van der Waals surface area (Å²) in [5.74, 6) is 0.0627. The number of carbonyl (C=O) groups is 2. The molecule has 3 aromatic rings. The zero-order valence-electron chi connectivity index (χ0n) is 23.2. The summed E-state index contributed by atoms with van der Waals surface area (Å²) < 4.78 is 38.6. The summed E-state index contributed by atoms with van der Waals surface area (Å²) in [5.41, 5.74) is 1.92. The van der Waals surface area contributed by atoms with Gasteiger partial charge < -0.3 is 19.7 Å². The highest BCUT2D eigenvalue weighted by atomic mass is 79.9. The van der Waals surface area contributed by atoms with Gasteiger partial charge in [0.1, 0.15) is 12.6 Å². The Hall–Kier alpha value is -3.57. The Bertz CT molecular complexity index is 1480. The third-order valence-electron chi connectivity index (χ3n) is 6.84. The Morgan fingerprint density at radius 3 is 2.37 bits per heavy atom. The van der Waals surface area contributed by atoms with Crippen molar-refractivity contribution in [2.24, 2.45) is 0 Å². The van der Waals surface area contributed by atoms with E-state index in [0.717, 1.165) is 32.6 Å². The van der Waals surface area contributed by atoms with Gasteiger partial charge in [0.05, 0.1) is 11.9 Å². The Balaban J connectivity index is 1.73. The Labute approximate surface area is 249 Å². The molecule has 1 aliphatic heterocycles. The first kappa shape index (κ1) is 30.4. The summed E-state index contributed by atoms with van der Waals surface area (Å²) in [4.78, 5) is 29.4. The Morgan fingerprint density at radius 1 is 0.976 bits per heavy atom. The summed E-state index contributed by atoms with van der Waals surface area (Å²) in [5, 5.41) is 3.02. The van der Waals surface area contributed by atoms with Gasteiger partial charge in [0.25, 0.3) is 0 Å². The first-order valence-corrected chi connectivity index (χ1v) is 15.9. The van der Waals surface area contributed by atoms with Gasteiger partial charge in [-0.2, -0.15) is 0 Å². The van der Waals surface area contributed by atoms with Crippen molar-refractivity contribution in [1.29, 1.82) is 0 Å². The fraction of sp³-hybridized carbons (Fsp3) is 0.333. The number of nitrogens with zero attached hydrogens (tertiary/aromatic N) is 2. The molecule has 1 heterocycles. The van der Waals surface area contributed by atoms with Crippen LogP contribution in [0.15, 0.2) is 77.3 Å². The third kappa shape index (κ3) is 8.01. The number of carbonyl (C=O) groups excluding carboxylic acids is 2. The predicted octanol–water partition coefficient (Wildman–Crippen LogP) is 4.50. The molecule has 1 aliphatic rings. The highest BCUT2D eigenvalue weighted by molar-refractivity contribution is 9.10. The average Bonchev–Trinajstić information content (AvgIpc) is 3.41.